The van der Waals surface area contributed by atoms with Crippen LogP contribution in [0.5, 0.6) is 0 Å². The van der Waals surface area contributed by atoms with E-state index in [1.165, 1.54) is 0 Å². The molecule has 2 aromatic carbocycles. The Balaban J connectivity index is 1.87. The van der Waals surface area contributed by atoms with E-state index in [-0.39, 0.29) is 0 Å². The molecule has 2 heterocycles. The molecule has 0 unspecified atom stereocenters. The number of hydrogen-bond acceptors (Lipinski definition) is 2. The predicted octanol–water partition coefficient (Wildman–Crippen LogP) is 5.88. The molecule has 3 heteroatoms. The summed E-state index contributed by atoms with van der Waals surface area (Å²) in [6.45, 7) is 6.74. The third-order valence-electron chi connectivity index (χ3n) is 4.03. The monoisotopic (exact) mass is 341 g/mol. The second-order valence-corrected chi connectivity index (χ2v) is 12.0. The van der Waals surface area contributed by atoms with Crippen molar-refractivity contribution in [1.29, 1.82) is 0 Å². The summed E-state index contributed by atoms with van der Waals surface area (Å²) in [6, 6.07) is 18.4. The molecule has 122 valence electrons. The van der Waals surface area contributed by atoms with Gasteiger partial charge < -0.3 is 4.42 Å². The molecular formula is C22H19NOSi. The number of rotatable bonds is 1. The highest BCUT2D eigenvalue weighted by atomic mass is 28.3. The van der Waals surface area contributed by atoms with Crippen LogP contribution < -0.4 is 0 Å². The molecule has 0 N–H and O–H groups in total. The maximum Gasteiger partial charge on any atom is 0.136 e. The van der Waals surface area contributed by atoms with Crippen LogP contribution in [0.1, 0.15) is 5.56 Å². The summed E-state index contributed by atoms with van der Waals surface area (Å²) in [7, 11) is -1.44. The largest absolute Gasteiger partial charge is 0.456 e. The molecule has 0 radical (unpaired) electrons. The first-order valence-electron chi connectivity index (χ1n) is 8.41. The lowest BCUT2D eigenvalue weighted by Crippen LogP contribution is -2.16. The molecule has 4 aromatic rings. The van der Waals surface area contributed by atoms with Crippen molar-refractivity contribution in [3.05, 3.63) is 66.4 Å². The van der Waals surface area contributed by atoms with Crippen molar-refractivity contribution >= 4 is 30.0 Å². The number of para-hydroxylation sites is 1. The predicted molar refractivity (Wildman–Crippen MR) is 107 cm³/mol. The normalized spacial score (nSPS) is 11.5. The van der Waals surface area contributed by atoms with Crippen LogP contribution in [0.4, 0.5) is 0 Å². The quantitative estimate of drug-likeness (QED) is 0.319. The molecule has 0 bridgehead atoms. The Bertz CT molecular complexity index is 1140. The Labute approximate surface area is 148 Å². The fourth-order valence-electron chi connectivity index (χ4n) is 2.86. The van der Waals surface area contributed by atoms with Crippen LogP contribution in [0.15, 0.2) is 65.2 Å². The number of nitrogens with zero attached hydrogens (tertiary/aromatic N) is 1. The zero-order valence-electron chi connectivity index (χ0n) is 14.6. The number of furan rings is 1. The number of aromatic nitrogens is 1. The van der Waals surface area contributed by atoms with Crippen molar-refractivity contribution in [1.82, 2.24) is 4.98 Å². The number of benzene rings is 2. The topological polar surface area (TPSA) is 26.0 Å². The third-order valence-corrected chi connectivity index (χ3v) is 4.91. The summed E-state index contributed by atoms with van der Waals surface area (Å²) in [5.41, 5.74) is 8.15. The van der Waals surface area contributed by atoms with Gasteiger partial charge in [0, 0.05) is 22.5 Å². The van der Waals surface area contributed by atoms with E-state index in [0.717, 1.165) is 38.8 Å². The van der Waals surface area contributed by atoms with Gasteiger partial charge in [0.05, 0.1) is 11.3 Å². The van der Waals surface area contributed by atoms with Crippen molar-refractivity contribution in [3.8, 4) is 22.7 Å². The maximum absolute atomic E-state index is 6.01. The first-order valence-corrected chi connectivity index (χ1v) is 11.9. The van der Waals surface area contributed by atoms with E-state index < -0.39 is 8.07 Å². The van der Waals surface area contributed by atoms with Crippen LogP contribution in [0.3, 0.4) is 0 Å². The lowest BCUT2D eigenvalue weighted by atomic mass is 10.0. The summed E-state index contributed by atoms with van der Waals surface area (Å²) in [5, 5.41) is 2.27. The van der Waals surface area contributed by atoms with Gasteiger partial charge in [-0.1, -0.05) is 49.8 Å². The zero-order chi connectivity index (χ0) is 17.4. The van der Waals surface area contributed by atoms with Crippen LogP contribution >= 0.6 is 0 Å². The Kier molecular flexibility index (Phi) is 3.71. The molecule has 2 aromatic heterocycles. The third kappa shape index (κ3) is 3.09. The van der Waals surface area contributed by atoms with Gasteiger partial charge in [0.25, 0.3) is 0 Å². The Morgan fingerprint density at radius 3 is 2.52 bits per heavy atom. The van der Waals surface area contributed by atoms with E-state index in [2.05, 4.69) is 60.4 Å². The van der Waals surface area contributed by atoms with Crippen molar-refractivity contribution in [3.63, 3.8) is 0 Å². The van der Waals surface area contributed by atoms with E-state index >= 15 is 0 Å². The second-order valence-electron chi connectivity index (χ2n) is 7.21. The van der Waals surface area contributed by atoms with Crippen LogP contribution in [0.2, 0.25) is 19.6 Å². The van der Waals surface area contributed by atoms with Crippen molar-refractivity contribution in [2.45, 2.75) is 19.6 Å². The second kappa shape index (κ2) is 5.91. The van der Waals surface area contributed by atoms with E-state index in [9.17, 15) is 0 Å². The van der Waals surface area contributed by atoms with E-state index in [1.807, 2.05) is 36.5 Å². The molecule has 0 aliphatic carbocycles. The van der Waals surface area contributed by atoms with Crippen molar-refractivity contribution in [2.75, 3.05) is 0 Å². The zero-order valence-corrected chi connectivity index (χ0v) is 15.6. The lowest BCUT2D eigenvalue weighted by molar-refractivity contribution is 0.669. The molecular weight excluding hydrogens is 322 g/mol. The minimum Gasteiger partial charge on any atom is -0.456 e. The van der Waals surface area contributed by atoms with Crippen LogP contribution in [0.25, 0.3) is 33.2 Å². The fraction of sp³-hybridized carbons (Fsp3) is 0.136. The van der Waals surface area contributed by atoms with Crippen molar-refractivity contribution < 1.29 is 4.42 Å². The van der Waals surface area contributed by atoms with Gasteiger partial charge in [-0.25, -0.2) is 0 Å². The Hall–Kier alpha value is -2.83. The number of hydrogen-bond donors (Lipinski definition) is 0. The van der Waals surface area contributed by atoms with Crippen LogP contribution in [-0.4, -0.2) is 13.1 Å². The molecule has 0 spiro atoms. The van der Waals surface area contributed by atoms with Crippen LogP contribution in [-0.2, 0) is 0 Å². The highest BCUT2D eigenvalue weighted by Crippen LogP contribution is 2.32. The summed E-state index contributed by atoms with van der Waals surface area (Å²) in [5.74, 6) is 3.34. The highest BCUT2D eigenvalue weighted by molar-refractivity contribution is 6.83. The molecule has 2 nitrogen and oxygen atoms in total. The summed E-state index contributed by atoms with van der Waals surface area (Å²) >= 11 is 0. The Morgan fingerprint density at radius 1 is 0.880 bits per heavy atom. The minimum atomic E-state index is -1.44. The fourth-order valence-corrected chi connectivity index (χ4v) is 3.37. The van der Waals surface area contributed by atoms with Crippen molar-refractivity contribution in [2.24, 2.45) is 0 Å². The van der Waals surface area contributed by atoms with E-state index in [0.29, 0.717) is 0 Å². The molecule has 0 fully saturated rings. The molecule has 0 atom stereocenters. The summed E-state index contributed by atoms with van der Waals surface area (Å²) < 4.78 is 6.01. The molecule has 0 saturated carbocycles. The minimum absolute atomic E-state index is 0.883. The first kappa shape index (κ1) is 15.7. The smallest absolute Gasteiger partial charge is 0.136 e. The van der Waals surface area contributed by atoms with Gasteiger partial charge in [0.1, 0.15) is 19.2 Å². The Morgan fingerprint density at radius 2 is 1.68 bits per heavy atom. The number of pyridine rings is 1. The highest BCUT2D eigenvalue weighted by Gasteiger charge is 2.11. The molecule has 0 saturated heterocycles. The average Bonchev–Trinajstić information content (AvgIpc) is 2.97. The molecule has 0 aliphatic heterocycles. The first-order chi connectivity index (χ1) is 12.0. The average molecular weight is 341 g/mol. The van der Waals surface area contributed by atoms with Gasteiger partial charge in [-0.2, -0.15) is 0 Å². The molecule has 4 rings (SSSR count). The van der Waals surface area contributed by atoms with Gasteiger partial charge in [-0.15, -0.1) is 5.54 Å². The van der Waals surface area contributed by atoms with Gasteiger partial charge in [-0.05, 0) is 30.3 Å². The van der Waals surface area contributed by atoms with Gasteiger partial charge >= 0.3 is 0 Å². The van der Waals surface area contributed by atoms with Gasteiger partial charge in [0.15, 0.2) is 0 Å². The standard InChI is InChI=1S/C22H19NOSi/c1-25(2,3)14-12-16-7-6-13-23-22(16)17-10-11-19-18-8-4-5-9-20(18)24-21(19)15-17/h4-11,13,15H,1-3H3. The van der Waals surface area contributed by atoms with E-state index in [4.69, 9.17) is 4.42 Å². The number of fused-ring (bicyclic) bond motifs is 3. The van der Waals surface area contributed by atoms with Gasteiger partial charge in [-0.3, -0.25) is 4.98 Å². The molecule has 0 aliphatic rings. The molecule has 25 heavy (non-hydrogen) atoms. The van der Waals surface area contributed by atoms with E-state index in [1.54, 1.807) is 0 Å². The lowest BCUT2D eigenvalue weighted by Gasteiger charge is -2.06. The van der Waals surface area contributed by atoms with Gasteiger partial charge in [0.2, 0.25) is 0 Å². The summed E-state index contributed by atoms with van der Waals surface area (Å²) in [6.07, 6.45) is 1.82. The molecule has 0 amide bonds. The maximum atomic E-state index is 6.01. The summed E-state index contributed by atoms with van der Waals surface area (Å²) in [4.78, 5) is 4.58. The SMILES string of the molecule is C[Si](C)(C)C#Cc1cccnc1-c1ccc2c(c1)oc1ccccc12. The van der Waals surface area contributed by atoms with Crippen LogP contribution in [0, 0.1) is 11.5 Å².